The van der Waals surface area contributed by atoms with E-state index in [0.717, 1.165) is 25.3 Å². The van der Waals surface area contributed by atoms with Gasteiger partial charge in [0.2, 0.25) is 0 Å². The first-order valence-corrected chi connectivity index (χ1v) is 10.0. The fourth-order valence-corrected chi connectivity index (χ4v) is 4.21. The number of hydrogen-bond donors (Lipinski definition) is 1. The molecular weight excluding hydrogens is 402 g/mol. The monoisotopic (exact) mass is 418 g/mol. The van der Waals surface area contributed by atoms with Crippen LogP contribution < -0.4 is 0 Å². The van der Waals surface area contributed by atoms with Gasteiger partial charge in [-0.15, -0.1) is 0 Å². The third-order valence-electron chi connectivity index (χ3n) is 4.26. The Hall–Kier alpha value is -3.26. The summed E-state index contributed by atoms with van der Waals surface area (Å²) >= 11 is 0. The molecule has 3 rings (SSSR count). The molecule has 0 heterocycles. The van der Waals surface area contributed by atoms with Crippen molar-refractivity contribution in [2.75, 3.05) is 7.11 Å². The number of esters is 1. The van der Waals surface area contributed by atoms with E-state index in [1.165, 1.54) is 42.5 Å². The van der Waals surface area contributed by atoms with Crippen molar-refractivity contribution >= 4 is 15.8 Å². The lowest BCUT2D eigenvalue weighted by atomic mass is 10.1. The fraction of sp³-hybridized carbons (Fsp3) is 0.0952. The van der Waals surface area contributed by atoms with Crippen LogP contribution in [0.5, 0.6) is 5.75 Å². The number of sulfone groups is 1. The van der Waals surface area contributed by atoms with Crippen LogP contribution in [0.15, 0.2) is 65.6 Å². The van der Waals surface area contributed by atoms with Gasteiger partial charge in [0.25, 0.3) is 0 Å². The van der Waals surface area contributed by atoms with Crippen molar-refractivity contribution in [1.29, 1.82) is 0 Å². The largest absolute Gasteiger partial charge is 0.507 e. The summed E-state index contributed by atoms with van der Waals surface area (Å²) in [6.07, 6.45) is 0. The quantitative estimate of drug-likeness (QED) is 0.631. The maximum atomic E-state index is 14.0. The van der Waals surface area contributed by atoms with Crippen molar-refractivity contribution in [3.63, 3.8) is 0 Å². The van der Waals surface area contributed by atoms with Crippen molar-refractivity contribution < 1.29 is 31.8 Å². The maximum Gasteiger partial charge on any atom is 0.341 e. The Morgan fingerprint density at radius 3 is 2.48 bits per heavy atom. The van der Waals surface area contributed by atoms with Gasteiger partial charge in [0, 0.05) is 5.56 Å². The number of phenols is 1. The Morgan fingerprint density at radius 1 is 1.03 bits per heavy atom. The number of phenolic OH excluding ortho intramolecular Hbond substituents is 1. The summed E-state index contributed by atoms with van der Waals surface area (Å²) < 4.78 is 57.6. The Morgan fingerprint density at radius 2 is 1.79 bits per heavy atom. The zero-order valence-corrected chi connectivity index (χ0v) is 16.0. The lowest BCUT2D eigenvalue weighted by molar-refractivity contribution is 0.0597. The average Bonchev–Trinajstić information content (AvgIpc) is 2.69. The van der Waals surface area contributed by atoms with E-state index in [9.17, 15) is 27.1 Å². The van der Waals surface area contributed by atoms with Crippen LogP contribution in [0.4, 0.5) is 8.78 Å². The molecule has 0 unspecified atom stereocenters. The van der Waals surface area contributed by atoms with E-state index >= 15 is 0 Å². The molecule has 5 nitrogen and oxygen atoms in total. The molecule has 0 amide bonds. The van der Waals surface area contributed by atoms with Gasteiger partial charge in [-0.2, -0.15) is 0 Å². The lowest BCUT2D eigenvalue weighted by Gasteiger charge is -2.09. The summed E-state index contributed by atoms with van der Waals surface area (Å²) in [5, 5.41) is 9.94. The number of ether oxygens (including phenoxy) is 1. The number of rotatable bonds is 5. The van der Waals surface area contributed by atoms with E-state index in [4.69, 9.17) is 0 Å². The first kappa shape index (κ1) is 20.5. The molecule has 0 saturated carbocycles. The van der Waals surface area contributed by atoms with E-state index < -0.39 is 38.9 Å². The molecule has 0 aliphatic rings. The van der Waals surface area contributed by atoms with Gasteiger partial charge in [-0.3, -0.25) is 0 Å². The molecule has 29 heavy (non-hydrogen) atoms. The molecule has 0 fully saturated rings. The second kappa shape index (κ2) is 8.00. The van der Waals surface area contributed by atoms with Gasteiger partial charge in [0.15, 0.2) is 9.84 Å². The molecule has 3 aromatic rings. The molecular formula is C21H16F2O5S. The Bertz CT molecular complexity index is 1190. The summed E-state index contributed by atoms with van der Waals surface area (Å²) in [7, 11) is -2.70. The predicted octanol–water partition coefficient (Wildman–Crippen LogP) is 4.10. The summed E-state index contributed by atoms with van der Waals surface area (Å²) in [4.78, 5) is 11.4. The number of halogens is 2. The molecule has 3 aromatic carbocycles. The van der Waals surface area contributed by atoms with Gasteiger partial charge in [-0.1, -0.05) is 18.2 Å². The normalized spacial score (nSPS) is 11.3. The van der Waals surface area contributed by atoms with E-state index in [1.54, 1.807) is 0 Å². The van der Waals surface area contributed by atoms with Gasteiger partial charge < -0.3 is 9.84 Å². The minimum Gasteiger partial charge on any atom is -0.507 e. The van der Waals surface area contributed by atoms with E-state index in [0.29, 0.717) is 0 Å². The highest BCUT2D eigenvalue weighted by Crippen LogP contribution is 2.28. The highest BCUT2D eigenvalue weighted by Gasteiger charge is 2.19. The zero-order valence-electron chi connectivity index (χ0n) is 15.2. The average molecular weight is 418 g/mol. The topological polar surface area (TPSA) is 80.7 Å². The Labute approximate surface area is 166 Å². The molecule has 0 aliphatic heterocycles. The van der Waals surface area contributed by atoms with Gasteiger partial charge in [-0.25, -0.2) is 22.0 Å². The first-order chi connectivity index (χ1) is 13.7. The third kappa shape index (κ3) is 4.43. The van der Waals surface area contributed by atoms with Crippen molar-refractivity contribution in [1.82, 2.24) is 0 Å². The van der Waals surface area contributed by atoms with E-state index in [-0.39, 0.29) is 27.1 Å². The van der Waals surface area contributed by atoms with Gasteiger partial charge in [0.1, 0.15) is 22.9 Å². The summed E-state index contributed by atoms with van der Waals surface area (Å²) in [6, 6.07) is 12.3. The Balaban J connectivity index is 1.93. The van der Waals surface area contributed by atoms with Crippen LogP contribution in [0.3, 0.4) is 0 Å². The third-order valence-corrected chi connectivity index (χ3v) is 5.94. The van der Waals surface area contributed by atoms with Crippen LogP contribution in [0, 0.1) is 11.6 Å². The van der Waals surface area contributed by atoms with E-state index in [2.05, 4.69) is 4.74 Å². The van der Waals surface area contributed by atoms with Gasteiger partial charge in [-0.05, 0) is 53.6 Å². The van der Waals surface area contributed by atoms with Gasteiger partial charge >= 0.3 is 5.97 Å². The Kier molecular flexibility index (Phi) is 5.65. The van der Waals surface area contributed by atoms with Crippen LogP contribution in [-0.4, -0.2) is 26.6 Å². The molecule has 0 atom stereocenters. The number of carbonyl (C=O) groups excluding carboxylic acids is 1. The summed E-state index contributed by atoms with van der Waals surface area (Å²) in [5.41, 5.74) is 0.323. The number of aromatic hydroxyl groups is 1. The minimum absolute atomic E-state index is 0.0536. The molecule has 0 aromatic heterocycles. The highest BCUT2D eigenvalue weighted by molar-refractivity contribution is 7.90. The predicted molar refractivity (Wildman–Crippen MR) is 102 cm³/mol. The molecule has 150 valence electrons. The fourth-order valence-electron chi connectivity index (χ4n) is 2.83. The molecule has 1 N–H and O–H groups in total. The maximum absolute atomic E-state index is 14.0. The SMILES string of the molecule is COC(=O)c1ccc(CS(=O)(=O)c2cccc(-c3cc(F)ccc3F)c2)cc1O. The molecule has 0 radical (unpaired) electrons. The smallest absolute Gasteiger partial charge is 0.341 e. The van der Waals surface area contributed by atoms with Crippen LogP contribution >= 0.6 is 0 Å². The number of carbonyl (C=O) groups is 1. The number of benzene rings is 3. The standard InChI is InChI=1S/C21H16F2O5S/c1-28-21(25)17-7-5-13(9-20(17)24)12-29(26,27)16-4-2-3-14(10-16)18-11-15(22)6-8-19(18)23/h2-11,24H,12H2,1H3. The number of hydrogen-bond acceptors (Lipinski definition) is 5. The van der Waals surface area contributed by atoms with Crippen molar-refractivity contribution in [2.45, 2.75) is 10.6 Å². The number of methoxy groups -OCH3 is 1. The van der Waals surface area contributed by atoms with Gasteiger partial charge in [0.05, 0.1) is 17.8 Å². The molecule has 0 spiro atoms. The van der Waals surface area contributed by atoms with Crippen molar-refractivity contribution in [3.8, 4) is 16.9 Å². The van der Waals surface area contributed by atoms with Crippen molar-refractivity contribution in [2.24, 2.45) is 0 Å². The molecule has 0 aliphatic carbocycles. The second-order valence-corrected chi connectivity index (χ2v) is 8.24. The van der Waals surface area contributed by atoms with Crippen molar-refractivity contribution in [3.05, 3.63) is 83.4 Å². The zero-order chi connectivity index (χ0) is 21.2. The summed E-state index contributed by atoms with van der Waals surface area (Å²) in [5.74, 6) is -2.93. The molecule has 8 heteroatoms. The minimum atomic E-state index is -3.87. The lowest BCUT2D eigenvalue weighted by Crippen LogP contribution is -2.07. The van der Waals surface area contributed by atoms with E-state index in [1.807, 2.05) is 0 Å². The van der Waals surface area contributed by atoms with Crippen LogP contribution in [-0.2, 0) is 20.3 Å². The second-order valence-electron chi connectivity index (χ2n) is 6.25. The molecule has 0 bridgehead atoms. The van der Waals surface area contributed by atoms with Crippen LogP contribution in [0.25, 0.3) is 11.1 Å². The first-order valence-electron chi connectivity index (χ1n) is 8.40. The molecule has 0 saturated heterocycles. The summed E-state index contributed by atoms with van der Waals surface area (Å²) in [6.45, 7) is 0. The van der Waals surface area contributed by atoms with Crippen LogP contribution in [0.1, 0.15) is 15.9 Å². The van der Waals surface area contributed by atoms with Crippen LogP contribution in [0.2, 0.25) is 0 Å². The highest BCUT2D eigenvalue weighted by atomic mass is 32.2.